The minimum absolute atomic E-state index is 0.0318. The minimum atomic E-state index is -1.06. The molecule has 9 N–H and O–H groups in total. The number of aliphatic hydroxyl groups excluding tert-OH is 3. The SMILES string of the molecule is C[C@H](CCC(=O)N[C@@H](CCCN=C(N)N)C(=O)O)[C@H]1CC[C@H]2[C@@H]3[C@@H](O)[C@@H](O)[C@@H]4C[C@H](O)CC[C@]4(C)[C@H]3CC[C@]12C. The number of nitrogens with zero attached hydrogens (tertiary/aromatic N) is 1. The highest BCUT2D eigenvalue weighted by atomic mass is 16.4. The number of hydrogen-bond acceptors (Lipinski definition) is 6. The van der Waals surface area contributed by atoms with E-state index in [1.807, 2.05) is 0 Å². The van der Waals surface area contributed by atoms with Crippen molar-refractivity contribution in [3.63, 3.8) is 0 Å². The van der Waals surface area contributed by atoms with Crippen molar-refractivity contribution < 1.29 is 30.0 Å². The Hall–Kier alpha value is -1.91. The standard InChI is InChI=1S/C30H52N4O6/c1-16(6-9-23(36)34-22(27(39)40)5-4-14-33-28(31)32)18-7-8-19-24-20(11-13-29(18,19)2)30(3)12-10-17(35)15-21(30)25(37)26(24)38/h16-22,24-26,35,37-38H,4-15H2,1-3H3,(H,34,36)(H,39,40)(H4,31,32,33)/t16-,17-,18-,19+,20+,21+,22+,24+,25+,26-,29-,30-/m1/s1. The molecule has 12 atom stereocenters. The first kappa shape index (κ1) is 31.0. The zero-order chi connectivity index (χ0) is 29.4. The van der Waals surface area contributed by atoms with Crippen LogP contribution in [0.1, 0.15) is 91.4 Å². The van der Waals surface area contributed by atoms with Crippen LogP contribution in [0.15, 0.2) is 4.99 Å². The summed E-state index contributed by atoms with van der Waals surface area (Å²) in [6.07, 6.45) is 6.08. The quantitative estimate of drug-likeness (QED) is 0.119. The third-order valence-corrected chi connectivity index (χ3v) is 11.9. The van der Waals surface area contributed by atoms with Gasteiger partial charge in [-0.2, -0.15) is 0 Å². The molecule has 0 aliphatic heterocycles. The monoisotopic (exact) mass is 564 g/mol. The van der Waals surface area contributed by atoms with Gasteiger partial charge in [-0.15, -0.1) is 0 Å². The maximum absolute atomic E-state index is 12.7. The summed E-state index contributed by atoms with van der Waals surface area (Å²) in [6, 6.07) is -0.967. The smallest absolute Gasteiger partial charge is 0.326 e. The Bertz CT molecular complexity index is 958. The summed E-state index contributed by atoms with van der Waals surface area (Å²) in [5, 5.41) is 45.2. The zero-order valence-electron chi connectivity index (χ0n) is 24.5. The van der Waals surface area contributed by atoms with Gasteiger partial charge >= 0.3 is 5.97 Å². The fourth-order valence-electron chi connectivity index (χ4n) is 9.80. The summed E-state index contributed by atoms with van der Waals surface area (Å²) in [6.45, 7) is 7.17. The van der Waals surface area contributed by atoms with Crippen LogP contribution in [0.25, 0.3) is 0 Å². The molecule has 0 aromatic carbocycles. The first-order valence-corrected chi connectivity index (χ1v) is 15.4. The molecule has 4 fully saturated rings. The van der Waals surface area contributed by atoms with Crippen LogP contribution in [-0.4, -0.2) is 69.2 Å². The number of amides is 1. The van der Waals surface area contributed by atoms with Crippen LogP contribution in [-0.2, 0) is 9.59 Å². The van der Waals surface area contributed by atoms with Crippen molar-refractivity contribution in [3.05, 3.63) is 0 Å². The maximum Gasteiger partial charge on any atom is 0.326 e. The number of carboxylic acid groups (broad SMARTS) is 1. The van der Waals surface area contributed by atoms with Gasteiger partial charge in [-0.3, -0.25) is 9.79 Å². The van der Waals surface area contributed by atoms with Gasteiger partial charge in [0, 0.05) is 13.0 Å². The number of carboxylic acids is 1. The van der Waals surface area contributed by atoms with Gasteiger partial charge in [0.15, 0.2) is 5.96 Å². The molecule has 10 heteroatoms. The van der Waals surface area contributed by atoms with Crippen molar-refractivity contribution in [2.45, 2.75) is 116 Å². The second-order valence-electron chi connectivity index (χ2n) is 14.0. The lowest BCUT2D eigenvalue weighted by atomic mass is 9.43. The number of carbonyl (C=O) groups is 2. The molecule has 4 rings (SSSR count). The molecule has 4 aliphatic carbocycles. The topological polar surface area (TPSA) is 191 Å². The van der Waals surface area contributed by atoms with Crippen molar-refractivity contribution in [1.82, 2.24) is 5.32 Å². The summed E-state index contributed by atoms with van der Waals surface area (Å²) >= 11 is 0. The van der Waals surface area contributed by atoms with Crippen LogP contribution in [0.3, 0.4) is 0 Å². The molecule has 4 saturated carbocycles. The van der Waals surface area contributed by atoms with Gasteiger partial charge in [0.1, 0.15) is 6.04 Å². The Labute approximate surface area is 238 Å². The van der Waals surface area contributed by atoms with Crippen LogP contribution in [0, 0.1) is 46.3 Å². The minimum Gasteiger partial charge on any atom is -0.480 e. The molecule has 0 aromatic rings. The normalized spacial score (nSPS) is 42.0. The Morgan fingerprint density at radius 2 is 1.62 bits per heavy atom. The first-order valence-electron chi connectivity index (χ1n) is 15.4. The van der Waals surface area contributed by atoms with Gasteiger partial charge in [-0.05, 0) is 111 Å². The van der Waals surface area contributed by atoms with Crippen LogP contribution >= 0.6 is 0 Å². The van der Waals surface area contributed by atoms with E-state index in [0.29, 0.717) is 43.6 Å². The highest BCUT2D eigenvalue weighted by molar-refractivity contribution is 5.83. The Morgan fingerprint density at radius 3 is 2.30 bits per heavy atom. The van der Waals surface area contributed by atoms with E-state index >= 15 is 0 Å². The largest absolute Gasteiger partial charge is 0.480 e. The molecule has 0 radical (unpaired) electrons. The van der Waals surface area contributed by atoms with Crippen LogP contribution < -0.4 is 16.8 Å². The number of aliphatic hydroxyl groups is 3. The molecular weight excluding hydrogens is 512 g/mol. The fourth-order valence-corrected chi connectivity index (χ4v) is 9.80. The van der Waals surface area contributed by atoms with Gasteiger partial charge < -0.3 is 37.2 Å². The van der Waals surface area contributed by atoms with E-state index in [1.165, 1.54) is 0 Å². The van der Waals surface area contributed by atoms with E-state index < -0.39 is 30.3 Å². The van der Waals surface area contributed by atoms with E-state index in [9.17, 15) is 30.0 Å². The van der Waals surface area contributed by atoms with Gasteiger partial charge in [-0.25, -0.2) is 4.79 Å². The maximum atomic E-state index is 12.7. The summed E-state index contributed by atoms with van der Waals surface area (Å²) in [4.78, 5) is 28.2. The lowest BCUT2D eigenvalue weighted by molar-refractivity contribution is -0.223. The number of carbonyl (C=O) groups excluding carboxylic acids is 1. The summed E-state index contributed by atoms with van der Waals surface area (Å²) in [5.74, 6) is -0.00854. The predicted molar refractivity (Wildman–Crippen MR) is 152 cm³/mol. The number of fused-ring (bicyclic) bond motifs is 5. The number of nitrogens with two attached hydrogens (primary N) is 2. The lowest BCUT2D eigenvalue weighted by Crippen LogP contribution is -2.64. The van der Waals surface area contributed by atoms with Gasteiger partial charge in [0.2, 0.25) is 5.91 Å². The Balaban J connectivity index is 1.37. The van der Waals surface area contributed by atoms with Gasteiger partial charge in [-0.1, -0.05) is 20.8 Å². The van der Waals surface area contributed by atoms with Crippen LogP contribution in [0.4, 0.5) is 0 Å². The molecule has 40 heavy (non-hydrogen) atoms. The second-order valence-corrected chi connectivity index (χ2v) is 14.0. The van der Waals surface area contributed by atoms with Crippen LogP contribution in [0.5, 0.6) is 0 Å². The molecule has 0 saturated heterocycles. The highest BCUT2D eigenvalue weighted by Gasteiger charge is 2.65. The molecule has 0 heterocycles. The highest BCUT2D eigenvalue weighted by Crippen LogP contribution is 2.68. The van der Waals surface area contributed by atoms with E-state index in [2.05, 4.69) is 31.1 Å². The second kappa shape index (κ2) is 12.1. The summed E-state index contributed by atoms with van der Waals surface area (Å²) < 4.78 is 0. The van der Waals surface area contributed by atoms with E-state index in [0.717, 1.165) is 38.5 Å². The van der Waals surface area contributed by atoms with E-state index in [-0.39, 0.29) is 53.3 Å². The third-order valence-electron chi connectivity index (χ3n) is 11.9. The molecule has 0 unspecified atom stereocenters. The molecule has 228 valence electrons. The third kappa shape index (κ3) is 5.86. The lowest BCUT2D eigenvalue weighted by Gasteiger charge is -2.63. The Kier molecular flexibility index (Phi) is 9.42. The zero-order valence-corrected chi connectivity index (χ0v) is 24.5. The molecule has 1 amide bonds. The van der Waals surface area contributed by atoms with E-state index in [4.69, 9.17) is 11.5 Å². The number of rotatable bonds is 10. The molecule has 0 spiro atoms. The number of guanidine groups is 1. The number of aliphatic carboxylic acids is 1. The number of hydrogen-bond donors (Lipinski definition) is 7. The molecule has 0 aromatic heterocycles. The predicted octanol–water partition coefficient (Wildman–Crippen LogP) is 1.99. The Morgan fingerprint density at radius 1 is 0.950 bits per heavy atom. The first-order chi connectivity index (χ1) is 18.8. The summed E-state index contributed by atoms with van der Waals surface area (Å²) in [5.41, 5.74) is 10.6. The molecule has 4 aliphatic rings. The van der Waals surface area contributed by atoms with Crippen molar-refractivity contribution in [3.8, 4) is 0 Å². The van der Waals surface area contributed by atoms with E-state index in [1.54, 1.807) is 0 Å². The number of aliphatic imine (C=N–C) groups is 1. The van der Waals surface area contributed by atoms with Gasteiger partial charge in [0.05, 0.1) is 18.3 Å². The van der Waals surface area contributed by atoms with Crippen molar-refractivity contribution in [2.75, 3.05) is 6.54 Å². The molecule has 10 nitrogen and oxygen atoms in total. The summed E-state index contributed by atoms with van der Waals surface area (Å²) in [7, 11) is 0. The fraction of sp³-hybridized carbons (Fsp3) is 0.900. The van der Waals surface area contributed by atoms with Crippen molar-refractivity contribution in [1.29, 1.82) is 0 Å². The molecular formula is C30H52N4O6. The van der Waals surface area contributed by atoms with Crippen molar-refractivity contribution >= 4 is 17.8 Å². The van der Waals surface area contributed by atoms with Crippen molar-refractivity contribution in [2.24, 2.45) is 62.8 Å². The average molecular weight is 565 g/mol. The average Bonchev–Trinajstić information content (AvgIpc) is 3.25. The molecule has 0 bridgehead atoms. The van der Waals surface area contributed by atoms with Gasteiger partial charge in [0.25, 0.3) is 0 Å². The van der Waals surface area contributed by atoms with Crippen LogP contribution in [0.2, 0.25) is 0 Å². The number of nitrogens with one attached hydrogen (secondary N) is 1.